The van der Waals surface area contributed by atoms with Gasteiger partial charge in [0.1, 0.15) is 0 Å². The third kappa shape index (κ3) is 13.1. The molecule has 0 heterocycles. The van der Waals surface area contributed by atoms with Gasteiger partial charge in [-0.05, 0) is 45.2 Å². The van der Waals surface area contributed by atoms with Crippen LogP contribution in [0.2, 0.25) is 0 Å². The molecule has 1 heteroatoms. The molecule has 0 aromatic heterocycles. The fraction of sp³-hybridized carbons (Fsp3) is 0.900. The summed E-state index contributed by atoms with van der Waals surface area (Å²) < 4.78 is 0. The van der Waals surface area contributed by atoms with Crippen LogP contribution in [0.15, 0.2) is 11.6 Å². The van der Waals surface area contributed by atoms with E-state index in [4.69, 9.17) is 0 Å². The molecule has 0 aliphatic rings. The summed E-state index contributed by atoms with van der Waals surface area (Å²) >= 11 is 0. The molecule has 0 saturated heterocycles. The summed E-state index contributed by atoms with van der Waals surface area (Å²) in [6.07, 6.45) is 17.3. The lowest BCUT2D eigenvalue weighted by atomic mass is 10.0. The van der Waals surface area contributed by atoms with E-state index in [1.54, 1.807) is 5.57 Å². The Kier molecular flexibility index (Phi) is 15.8. The highest BCUT2D eigenvalue weighted by Gasteiger charge is 2.07. The molecule has 0 aromatic carbocycles. The largest absolute Gasteiger partial charge is 0.299 e. The zero-order chi connectivity index (χ0) is 15.8. The first-order valence-electron chi connectivity index (χ1n) is 9.68. The second-order valence-corrected chi connectivity index (χ2v) is 6.44. The first kappa shape index (κ1) is 20.7. The lowest BCUT2D eigenvalue weighted by molar-refractivity contribution is 0.283. The Morgan fingerprint density at radius 3 is 1.86 bits per heavy atom. The molecule has 1 nitrogen and oxygen atoms in total. The van der Waals surface area contributed by atoms with E-state index in [9.17, 15) is 0 Å². The van der Waals surface area contributed by atoms with E-state index < -0.39 is 0 Å². The van der Waals surface area contributed by atoms with E-state index in [1.165, 1.54) is 90.3 Å². The second kappa shape index (κ2) is 16.1. The Labute approximate surface area is 135 Å². The van der Waals surface area contributed by atoms with Gasteiger partial charge in [-0.3, -0.25) is 4.90 Å². The molecule has 0 aromatic rings. The van der Waals surface area contributed by atoms with Crippen molar-refractivity contribution in [3.8, 4) is 0 Å². The Bertz CT molecular complexity index is 224. The van der Waals surface area contributed by atoms with Gasteiger partial charge in [0.15, 0.2) is 0 Å². The Hall–Kier alpha value is -0.300. The molecule has 0 aliphatic heterocycles. The number of hydrogen-bond acceptors (Lipinski definition) is 1. The minimum Gasteiger partial charge on any atom is -0.299 e. The maximum atomic E-state index is 2.70. The van der Waals surface area contributed by atoms with Gasteiger partial charge in [-0.15, -0.1) is 0 Å². The molecule has 0 spiro atoms. The van der Waals surface area contributed by atoms with Crippen molar-refractivity contribution in [2.45, 2.75) is 98.3 Å². The number of hydrogen-bond donors (Lipinski definition) is 0. The van der Waals surface area contributed by atoms with Crippen LogP contribution < -0.4 is 0 Å². The quantitative estimate of drug-likeness (QED) is 0.243. The minimum atomic E-state index is 1.23. The third-order valence-electron chi connectivity index (χ3n) is 4.16. The second-order valence-electron chi connectivity index (χ2n) is 6.44. The SMILES string of the molecule is CCCC=C(CCCCCC)CN(CCCC)CCCC. The van der Waals surface area contributed by atoms with Gasteiger partial charge in [-0.1, -0.05) is 77.9 Å². The molecule has 21 heavy (non-hydrogen) atoms. The molecular weight excluding hydrogens is 254 g/mol. The fourth-order valence-corrected chi connectivity index (χ4v) is 2.69. The van der Waals surface area contributed by atoms with Crippen molar-refractivity contribution < 1.29 is 0 Å². The summed E-state index contributed by atoms with van der Waals surface area (Å²) in [6, 6.07) is 0. The van der Waals surface area contributed by atoms with Gasteiger partial charge >= 0.3 is 0 Å². The van der Waals surface area contributed by atoms with Gasteiger partial charge in [0.2, 0.25) is 0 Å². The topological polar surface area (TPSA) is 3.24 Å². The Morgan fingerprint density at radius 2 is 1.33 bits per heavy atom. The van der Waals surface area contributed by atoms with Crippen LogP contribution in [0, 0.1) is 0 Å². The van der Waals surface area contributed by atoms with Crippen molar-refractivity contribution in [1.82, 2.24) is 4.90 Å². The van der Waals surface area contributed by atoms with E-state index in [1.807, 2.05) is 0 Å². The predicted molar refractivity (Wildman–Crippen MR) is 98.0 cm³/mol. The van der Waals surface area contributed by atoms with Gasteiger partial charge in [-0.2, -0.15) is 0 Å². The van der Waals surface area contributed by atoms with E-state index >= 15 is 0 Å². The summed E-state index contributed by atoms with van der Waals surface area (Å²) in [5.41, 5.74) is 1.71. The highest BCUT2D eigenvalue weighted by atomic mass is 15.1. The molecule has 0 amide bonds. The molecule has 0 saturated carbocycles. The predicted octanol–water partition coefficient (Wildman–Crippen LogP) is 6.59. The summed E-state index contributed by atoms with van der Waals surface area (Å²) in [6.45, 7) is 13.0. The van der Waals surface area contributed by atoms with Crippen LogP contribution in [-0.4, -0.2) is 24.5 Å². The summed E-state index contributed by atoms with van der Waals surface area (Å²) in [4.78, 5) is 2.70. The Morgan fingerprint density at radius 1 is 0.714 bits per heavy atom. The van der Waals surface area contributed by atoms with Gasteiger partial charge in [0.05, 0.1) is 0 Å². The number of nitrogens with zero attached hydrogens (tertiary/aromatic N) is 1. The van der Waals surface area contributed by atoms with Crippen LogP contribution in [0.1, 0.15) is 98.3 Å². The summed E-state index contributed by atoms with van der Waals surface area (Å²) in [5.74, 6) is 0. The van der Waals surface area contributed by atoms with Crippen LogP contribution in [0.5, 0.6) is 0 Å². The molecular formula is C20H41N. The van der Waals surface area contributed by atoms with E-state index in [0.29, 0.717) is 0 Å². The number of rotatable bonds is 15. The molecule has 0 fully saturated rings. The first-order chi connectivity index (χ1) is 10.3. The normalized spacial score (nSPS) is 12.3. The molecule has 0 rings (SSSR count). The fourth-order valence-electron chi connectivity index (χ4n) is 2.69. The standard InChI is InChI=1S/C20H41N/c1-5-9-13-14-16-20(15-10-6-2)19-21(17-11-7-3)18-12-8-4/h15H,5-14,16-19H2,1-4H3. The molecule has 0 radical (unpaired) electrons. The molecule has 126 valence electrons. The highest BCUT2D eigenvalue weighted by molar-refractivity contribution is 5.04. The van der Waals surface area contributed by atoms with Crippen LogP contribution in [-0.2, 0) is 0 Å². The van der Waals surface area contributed by atoms with E-state index in [-0.39, 0.29) is 0 Å². The van der Waals surface area contributed by atoms with Crippen molar-refractivity contribution in [3.05, 3.63) is 11.6 Å². The highest BCUT2D eigenvalue weighted by Crippen LogP contribution is 2.14. The lowest BCUT2D eigenvalue weighted by Gasteiger charge is -2.24. The van der Waals surface area contributed by atoms with Crippen molar-refractivity contribution in [1.29, 1.82) is 0 Å². The molecule has 0 unspecified atom stereocenters. The maximum absolute atomic E-state index is 2.70. The molecule has 0 atom stereocenters. The monoisotopic (exact) mass is 295 g/mol. The van der Waals surface area contributed by atoms with Gasteiger partial charge in [0, 0.05) is 6.54 Å². The minimum absolute atomic E-state index is 1.23. The Balaban J connectivity index is 4.33. The van der Waals surface area contributed by atoms with Gasteiger partial charge in [0.25, 0.3) is 0 Å². The zero-order valence-electron chi connectivity index (χ0n) is 15.4. The van der Waals surface area contributed by atoms with Crippen molar-refractivity contribution in [2.75, 3.05) is 19.6 Å². The van der Waals surface area contributed by atoms with Crippen molar-refractivity contribution in [2.24, 2.45) is 0 Å². The van der Waals surface area contributed by atoms with Crippen molar-refractivity contribution >= 4 is 0 Å². The summed E-state index contributed by atoms with van der Waals surface area (Å²) in [7, 11) is 0. The maximum Gasteiger partial charge on any atom is 0.0192 e. The van der Waals surface area contributed by atoms with E-state index in [2.05, 4.69) is 38.7 Å². The molecule has 0 N–H and O–H groups in total. The molecule has 0 aliphatic carbocycles. The summed E-state index contributed by atoms with van der Waals surface area (Å²) in [5, 5.41) is 0. The van der Waals surface area contributed by atoms with Crippen LogP contribution in [0.25, 0.3) is 0 Å². The zero-order valence-corrected chi connectivity index (χ0v) is 15.4. The van der Waals surface area contributed by atoms with Gasteiger partial charge < -0.3 is 0 Å². The van der Waals surface area contributed by atoms with E-state index in [0.717, 1.165) is 0 Å². The van der Waals surface area contributed by atoms with Crippen molar-refractivity contribution in [3.63, 3.8) is 0 Å². The average Bonchev–Trinajstić information content (AvgIpc) is 2.51. The number of unbranched alkanes of at least 4 members (excludes halogenated alkanes) is 6. The van der Waals surface area contributed by atoms with Crippen LogP contribution in [0.4, 0.5) is 0 Å². The molecule has 0 bridgehead atoms. The lowest BCUT2D eigenvalue weighted by Crippen LogP contribution is -2.28. The van der Waals surface area contributed by atoms with Crippen LogP contribution in [0.3, 0.4) is 0 Å². The van der Waals surface area contributed by atoms with Gasteiger partial charge in [-0.25, -0.2) is 0 Å². The first-order valence-corrected chi connectivity index (χ1v) is 9.68. The smallest absolute Gasteiger partial charge is 0.0192 e. The number of allylic oxidation sites excluding steroid dienone is 1. The van der Waals surface area contributed by atoms with Crippen LogP contribution >= 0.6 is 0 Å². The average molecular weight is 296 g/mol. The third-order valence-corrected chi connectivity index (χ3v) is 4.16.